The van der Waals surface area contributed by atoms with Crippen LogP contribution in [0.15, 0.2) is 35.8 Å². The number of nitrogens with two attached hydrogens (primary N) is 1. The number of thiazole rings is 1. The summed E-state index contributed by atoms with van der Waals surface area (Å²) < 4.78 is 2.24. The molecule has 4 heteroatoms. The minimum absolute atomic E-state index is 0.619. The number of aryl methyl sites for hydroxylation is 1. The molecule has 0 aliphatic rings. The fourth-order valence-corrected chi connectivity index (χ4v) is 2.69. The van der Waals surface area contributed by atoms with E-state index in [4.69, 9.17) is 5.73 Å². The predicted octanol–water partition coefficient (Wildman–Crippen LogP) is 3.37. The Bertz CT molecular complexity index is 666. The molecule has 2 N–H and O–H groups in total. The summed E-state index contributed by atoms with van der Waals surface area (Å²) >= 11 is 1.48. The van der Waals surface area contributed by atoms with E-state index in [1.807, 2.05) is 5.38 Å². The molecule has 0 aliphatic carbocycles. The Hall–Kier alpha value is -1.81. The molecule has 0 bridgehead atoms. The number of rotatable bonds is 2. The summed E-state index contributed by atoms with van der Waals surface area (Å²) in [7, 11) is 0. The van der Waals surface area contributed by atoms with E-state index < -0.39 is 0 Å². The van der Waals surface area contributed by atoms with Crippen LogP contribution in [0.2, 0.25) is 0 Å². The smallest absolute Gasteiger partial charge is 0.180 e. The van der Waals surface area contributed by atoms with Gasteiger partial charge >= 0.3 is 0 Å². The lowest BCUT2D eigenvalue weighted by atomic mass is 10.1. The van der Waals surface area contributed by atoms with Crippen molar-refractivity contribution >= 4 is 27.4 Å². The molecular weight excluding hydrogens is 230 g/mol. The number of hydrogen-bond donors (Lipinski definition) is 1. The average molecular weight is 243 g/mol. The third-order valence-corrected chi connectivity index (χ3v) is 3.60. The van der Waals surface area contributed by atoms with Gasteiger partial charge in [-0.15, -0.1) is 11.3 Å². The number of nitrogen functional groups attached to an aromatic ring is 1. The number of hydrogen-bond acceptors (Lipinski definition) is 3. The first-order valence-electron chi connectivity index (χ1n) is 5.59. The first kappa shape index (κ1) is 10.4. The zero-order valence-corrected chi connectivity index (χ0v) is 10.4. The summed E-state index contributed by atoms with van der Waals surface area (Å²) in [6.45, 7) is 3.10. The summed E-state index contributed by atoms with van der Waals surface area (Å²) in [5, 5.41) is 3.87. The van der Waals surface area contributed by atoms with Crippen LogP contribution >= 0.6 is 11.3 Å². The van der Waals surface area contributed by atoms with Gasteiger partial charge in [0.05, 0.1) is 5.69 Å². The van der Waals surface area contributed by atoms with Crippen LogP contribution in [0.4, 0.5) is 5.13 Å². The molecule has 0 fully saturated rings. The Kier molecular flexibility index (Phi) is 2.37. The Morgan fingerprint density at radius 1 is 1.35 bits per heavy atom. The van der Waals surface area contributed by atoms with Gasteiger partial charge in [-0.2, -0.15) is 0 Å². The van der Waals surface area contributed by atoms with Gasteiger partial charge in [-0.1, -0.05) is 18.2 Å². The highest BCUT2D eigenvalue weighted by atomic mass is 32.1. The molecule has 0 unspecified atom stereocenters. The van der Waals surface area contributed by atoms with Gasteiger partial charge < -0.3 is 10.3 Å². The van der Waals surface area contributed by atoms with Crippen LogP contribution in [0, 0.1) is 0 Å². The highest BCUT2D eigenvalue weighted by Gasteiger charge is 2.11. The molecule has 2 aromatic heterocycles. The van der Waals surface area contributed by atoms with Crippen LogP contribution in [-0.2, 0) is 6.54 Å². The molecule has 0 amide bonds. The quantitative estimate of drug-likeness (QED) is 0.750. The van der Waals surface area contributed by atoms with Crippen molar-refractivity contribution < 1.29 is 0 Å². The number of benzene rings is 1. The van der Waals surface area contributed by atoms with Crippen LogP contribution in [0.5, 0.6) is 0 Å². The molecule has 2 heterocycles. The molecule has 3 rings (SSSR count). The largest absolute Gasteiger partial charge is 0.375 e. The highest BCUT2D eigenvalue weighted by molar-refractivity contribution is 7.13. The Morgan fingerprint density at radius 2 is 2.18 bits per heavy atom. The van der Waals surface area contributed by atoms with E-state index in [-0.39, 0.29) is 0 Å². The fraction of sp³-hybridized carbons (Fsp3) is 0.154. The molecule has 0 saturated heterocycles. The topological polar surface area (TPSA) is 43.8 Å². The molecule has 0 atom stereocenters. The maximum absolute atomic E-state index is 5.70. The van der Waals surface area contributed by atoms with E-state index in [0.717, 1.165) is 17.8 Å². The molecule has 0 spiro atoms. The minimum Gasteiger partial charge on any atom is -0.375 e. The summed E-state index contributed by atoms with van der Waals surface area (Å²) in [6, 6.07) is 8.39. The first-order chi connectivity index (χ1) is 8.29. The molecule has 0 radical (unpaired) electrons. The summed E-state index contributed by atoms with van der Waals surface area (Å²) in [6.07, 6.45) is 2.15. The summed E-state index contributed by atoms with van der Waals surface area (Å²) in [5.41, 5.74) is 9.08. The molecular formula is C13H13N3S. The van der Waals surface area contributed by atoms with Gasteiger partial charge in [-0.25, -0.2) is 4.98 Å². The summed E-state index contributed by atoms with van der Waals surface area (Å²) in [4.78, 5) is 4.36. The Labute approximate surface area is 104 Å². The highest BCUT2D eigenvalue weighted by Crippen LogP contribution is 2.31. The number of anilines is 1. The van der Waals surface area contributed by atoms with Gasteiger partial charge in [0.15, 0.2) is 5.13 Å². The van der Waals surface area contributed by atoms with E-state index in [1.54, 1.807) is 0 Å². The monoisotopic (exact) mass is 243 g/mol. The van der Waals surface area contributed by atoms with Gasteiger partial charge in [0.2, 0.25) is 0 Å². The number of para-hydroxylation sites is 1. The van der Waals surface area contributed by atoms with Crippen molar-refractivity contribution in [1.82, 2.24) is 9.55 Å². The molecule has 86 valence electrons. The van der Waals surface area contributed by atoms with Gasteiger partial charge in [-0.05, 0) is 13.0 Å². The van der Waals surface area contributed by atoms with E-state index in [1.165, 1.54) is 22.2 Å². The van der Waals surface area contributed by atoms with Gasteiger partial charge in [0, 0.05) is 34.6 Å². The second kappa shape index (κ2) is 3.89. The van der Waals surface area contributed by atoms with E-state index in [0.29, 0.717) is 5.13 Å². The van der Waals surface area contributed by atoms with Crippen molar-refractivity contribution in [2.75, 3.05) is 5.73 Å². The van der Waals surface area contributed by atoms with Crippen LogP contribution in [0.3, 0.4) is 0 Å². The van der Waals surface area contributed by atoms with Gasteiger partial charge in [-0.3, -0.25) is 0 Å². The van der Waals surface area contributed by atoms with E-state index in [2.05, 4.69) is 46.9 Å². The number of nitrogens with zero attached hydrogens (tertiary/aromatic N) is 2. The number of fused-ring (bicyclic) bond motifs is 1. The van der Waals surface area contributed by atoms with E-state index >= 15 is 0 Å². The SMILES string of the molecule is CCn1cc(-c2csc(N)n2)c2ccccc21. The van der Waals surface area contributed by atoms with Crippen LogP contribution in [-0.4, -0.2) is 9.55 Å². The molecule has 3 aromatic rings. The fourth-order valence-electron chi connectivity index (χ4n) is 2.12. The van der Waals surface area contributed by atoms with Crippen LogP contribution < -0.4 is 5.73 Å². The zero-order chi connectivity index (χ0) is 11.8. The van der Waals surface area contributed by atoms with E-state index in [9.17, 15) is 0 Å². The Morgan fingerprint density at radius 3 is 2.88 bits per heavy atom. The molecule has 0 saturated carbocycles. The lowest BCUT2D eigenvalue weighted by Gasteiger charge is -1.97. The molecule has 3 nitrogen and oxygen atoms in total. The van der Waals surface area contributed by atoms with Crippen molar-refractivity contribution in [1.29, 1.82) is 0 Å². The van der Waals surface area contributed by atoms with Crippen LogP contribution in [0.1, 0.15) is 6.92 Å². The van der Waals surface area contributed by atoms with Crippen LogP contribution in [0.25, 0.3) is 22.2 Å². The lowest BCUT2D eigenvalue weighted by molar-refractivity contribution is 0.798. The maximum atomic E-state index is 5.70. The third-order valence-electron chi connectivity index (χ3n) is 2.93. The second-order valence-corrected chi connectivity index (χ2v) is 4.81. The zero-order valence-electron chi connectivity index (χ0n) is 9.55. The normalized spacial score (nSPS) is 11.1. The third kappa shape index (κ3) is 1.61. The summed E-state index contributed by atoms with van der Waals surface area (Å²) in [5.74, 6) is 0. The molecule has 17 heavy (non-hydrogen) atoms. The lowest BCUT2D eigenvalue weighted by Crippen LogP contribution is -1.89. The Balaban J connectivity index is 2.29. The molecule has 0 aliphatic heterocycles. The predicted molar refractivity (Wildman–Crippen MR) is 73.1 cm³/mol. The maximum Gasteiger partial charge on any atom is 0.180 e. The van der Waals surface area contributed by atoms with Crippen molar-refractivity contribution in [2.45, 2.75) is 13.5 Å². The van der Waals surface area contributed by atoms with Gasteiger partial charge in [0.25, 0.3) is 0 Å². The van der Waals surface area contributed by atoms with Crippen molar-refractivity contribution in [2.24, 2.45) is 0 Å². The van der Waals surface area contributed by atoms with Crippen molar-refractivity contribution in [3.8, 4) is 11.3 Å². The number of aromatic nitrogens is 2. The second-order valence-electron chi connectivity index (χ2n) is 3.92. The molecule has 1 aromatic carbocycles. The first-order valence-corrected chi connectivity index (χ1v) is 6.47. The standard InChI is InChI=1S/C13H13N3S/c1-2-16-7-10(11-8-17-13(14)15-11)9-5-3-4-6-12(9)16/h3-8H,2H2,1H3,(H2,14,15). The minimum atomic E-state index is 0.619. The van der Waals surface area contributed by atoms with Crippen molar-refractivity contribution in [3.63, 3.8) is 0 Å². The van der Waals surface area contributed by atoms with Gasteiger partial charge in [0.1, 0.15) is 0 Å². The van der Waals surface area contributed by atoms with Crippen molar-refractivity contribution in [3.05, 3.63) is 35.8 Å². The average Bonchev–Trinajstić information content (AvgIpc) is 2.92.